The minimum Gasteiger partial charge on any atom is -0.393 e. The predicted molar refractivity (Wildman–Crippen MR) is 93.9 cm³/mol. The van der Waals surface area contributed by atoms with Gasteiger partial charge < -0.3 is 10.4 Å². The van der Waals surface area contributed by atoms with Crippen LogP contribution in [0.25, 0.3) is 10.9 Å². The molecule has 128 valence electrons. The van der Waals surface area contributed by atoms with E-state index in [1.165, 1.54) is 4.57 Å². The number of carbonyl (C=O) groups excluding carboxylic acids is 1. The molecular formula is C19H24N2O3. The summed E-state index contributed by atoms with van der Waals surface area (Å²) in [6.45, 7) is 3.96. The van der Waals surface area contributed by atoms with Crippen molar-refractivity contribution in [2.75, 3.05) is 0 Å². The molecule has 1 aromatic carbocycles. The number of para-hydroxylation sites is 1. The lowest BCUT2D eigenvalue weighted by molar-refractivity contribution is -0.123. The van der Waals surface area contributed by atoms with E-state index in [2.05, 4.69) is 5.32 Å². The number of pyridine rings is 1. The summed E-state index contributed by atoms with van der Waals surface area (Å²) in [5, 5.41) is 13.5. The van der Waals surface area contributed by atoms with Crippen LogP contribution in [0.5, 0.6) is 0 Å². The Morgan fingerprint density at radius 2 is 2.08 bits per heavy atom. The molecule has 5 heteroatoms. The lowest BCUT2D eigenvalue weighted by Crippen LogP contribution is -2.48. The molecule has 1 atom stereocenters. The molecule has 1 heterocycles. The van der Waals surface area contributed by atoms with Crippen LogP contribution in [0, 0.1) is 12.8 Å². The summed E-state index contributed by atoms with van der Waals surface area (Å²) < 4.78 is 1.53. The molecule has 1 aliphatic carbocycles. The summed E-state index contributed by atoms with van der Waals surface area (Å²) in [5.74, 6) is 0.180. The average molecular weight is 328 g/mol. The summed E-state index contributed by atoms with van der Waals surface area (Å²) >= 11 is 0. The van der Waals surface area contributed by atoms with E-state index in [-0.39, 0.29) is 30.2 Å². The first kappa shape index (κ1) is 16.7. The van der Waals surface area contributed by atoms with Gasteiger partial charge in [-0.3, -0.25) is 14.2 Å². The summed E-state index contributed by atoms with van der Waals surface area (Å²) in [6.07, 6.45) is 2.08. The van der Waals surface area contributed by atoms with Crippen molar-refractivity contribution in [2.45, 2.75) is 51.8 Å². The molecule has 1 aromatic heterocycles. The maximum Gasteiger partial charge on any atom is 0.251 e. The van der Waals surface area contributed by atoms with Gasteiger partial charge in [0.05, 0.1) is 11.6 Å². The number of aliphatic hydroxyl groups excluding tert-OH is 1. The topological polar surface area (TPSA) is 71.3 Å². The highest BCUT2D eigenvalue weighted by atomic mass is 16.3. The number of hydrogen-bond acceptors (Lipinski definition) is 3. The van der Waals surface area contributed by atoms with Gasteiger partial charge in [0.2, 0.25) is 5.91 Å². The average Bonchev–Trinajstić information content (AvgIpc) is 2.54. The van der Waals surface area contributed by atoms with Crippen LogP contribution in [0.2, 0.25) is 0 Å². The second-order valence-electron chi connectivity index (χ2n) is 6.74. The van der Waals surface area contributed by atoms with Gasteiger partial charge in [-0.2, -0.15) is 0 Å². The minimum atomic E-state index is -0.232. The van der Waals surface area contributed by atoms with Gasteiger partial charge in [0, 0.05) is 17.5 Å². The van der Waals surface area contributed by atoms with E-state index in [0.717, 1.165) is 35.7 Å². The van der Waals surface area contributed by atoms with Crippen LogP contribution < -0.4 is 10.9 Å². The maximum atomic E-state index is 12.5. The lowest BCUT2D eigenvalue weighted by Gasteiger charge is -2.37. The molecule has 3 rings (SSSR count). The fourth-order valence-electron chi connectivity index (χ4n) is 3.57. The second kappa shape index (κ2) is 6.77. The highest BCUT2D eigenvalue weighted by Crippen LogP contribution is 2.31. The Bertz CT molecular complexity index is 806. The SMILES string of the molecule is CCC(NC(=O)Cn1c(=O)cc(C)c2ccccc21)C1CC(O)C1. The summed E-state index contributed by atoms with van der Waals surface area (Å²) in [4.78, 5) is 24.8. The molecule has 1 unspecified atom stereocenters. The van der Waals surface area contributed by atoms with E-state index in [1.807, 2.05) is 38.1 Å². The van der Waals surface area contributed by atoms with Gasteiger partial charge in [-0.05, 0) is 43.7 Å². The third-order valence-electron chi connectivity index (χ3n) is 5.03. The fraction of sp³-hybridized carbons (Fsp3) is 0.474. The zero-order chi connectivity index (χ0) is 17.3. The normalized spacial score (nSPS) is 21.3. The molecule has 1 saturated carbocycles. The molecule has 0 saturated heterocycles. The molecule has 2 aromatic rings. The van der Waals surface area contributed by atoms with Gasteiger partial charge in [0.25, 0.3) is 5.56 Å². The Morgan fingerprint density at radius 1 is 1.38 bits per heavy atom. The lowest BCUT2D eigenvalue weighted by atomic mass is 9.76. The molecule has 0 bridgehead atoms. The third-order valence-corrected chi connectivity index (χ3v) is 5.03. The Labute approximate surface area is 141 Å². The number of amides is 1. The Balaban J connectivity index is 1.79. The van der Waals surface area contributed by atoms with Crippen LogP contribution in [0.15, 0.2) is 35.1 Å². The molecule has 24 heavy (non-hydrogen) atoms. The van der Waals surface area contributed by atoms with E-state index in [4.69, 9.17) is 0 Å². The van der Waals surface area contributed by atoms with E-state index in [9.17, 15) is 14.7 Å². The number of carbonyl (C=O) groups is 1. The molecule has 1 aliphatic rings. The van der Waals surface area contributed by atoms with Crippen molar-refractivity contribution in [3.63, 3.8) is 0 Å². The van der Waals surface area contributed by atoms with E-state index >= 15 is 0 Å². The first-order chi connectivity index (χ1) is 11.5. The largest absolute Gasteiger partial charge is 0.393 e. The zero-order valence-corrected chi connectivity index (χ0v) is 14.2. The van der Waals surface area contributed by atoms with Crippen LogP contribution >= 0.6 is 0 Å². The molecule has 1 amide bonds. The minimum absolute atomic E-state index is 0.0192. The highest BCUT2D eigenvalue weighted by molar-refractivity contribution is 5.84. The number of hydrogen-bond donors (Lipinski definition) is 2. The standard InChI is InChI=1S/C19H24N2O3/c1-3-16(13-9-14(22)10-13)20-18(23)11-21-17-7-5-4-6-15(17)12(2)8-19(21)24/h4-8,13-14,16,22H,3,9-11H2,1-2H3,(H,20,23). The van der Waals surface area contributed by atoms with Crippen LogP contribution in [-0.4, -0.2) is 27.7 Å². The molecule has 1 fully saturated rings. The molecule has 5 nitrogen and oxygen atoms in total. The molecular weight excluding hydrogens is 304 g/mol. The summed E-state index contributed by atoms with van der Waals surface area (Å²) in [5.41, 5.74) is 1.54. The van der Waals surface area contributed by atoms with Crippen LogP contribution in [-0.2, 0) is 11.3 Å². The van der Waals surface area contributed by atoms with Crippen LogP contribution in [0.1, 0.15) is 31.7 Å². The number of benzene rings is 1. The van der Waals surface area contributed by atoms with Crippen molar-refractivity contribution in [3.05, 3.63) is 46.2 Å². The van der Waals surface area contributed by atoms with E-state index in [0.29, 0.717) is 5.92 Å². The quantitative estimate of drug-likeness (QED) is 0.881. The van der Waals surface area contributed by atoms with Crippen molar-refractivity contribution in [3.8, 4) is 0 Å². The van der Waals surface area contributed by atoms with Gasteiger partial charge in [-0.25, -0.2) is 0 Å². The number of fused-ring (bicyclic) bond motifs is 1. The van der Waals surface area contributed by atoms with Crippen molar-refractivity contribution >= 4 is 16.8 Å². The molecule has 0 spiro atoms. The molecule has 0 aliphatic heterocycles. The number of nitrogens with zero attached hydrogens (tertiary/aromatic N) is 1. The number of rotatable bonds is 5. The zero-order valence-electron chi connectivity index (χ0n) is 14.2. The Morgan fingerprint density at radius 3 is 2.75 bits per heavy atom. The number of aryl methyl sites for hydroxylation is 1. The van der Waals surface area contributed by atoms with Gasteiger partial charge >= 0.3 is 0 Å². The first-order valence-corrected chi connectivity index (χ1v) is 8.56. The summed E-state index contributed by atoms with van der Waals surface area (Å²) in [7, 11) is 0. The molecule has 2 N–H and O–H groups in total. The van der Waals surface area contributed by atoms with Crippen LogP contribution in [0.4, 0.5) is 0 Å². The van der Waals surface area contributed by atoms with Crippen molar-refractivity contribution in [1.82, 2.24) is 9.88 Å². The molecule has 0 radical (unpaired) electrons. The predicted octanol–water partition coefficient (Wildman–Crippen LogP) is 1.98. The second-order valence-corrected chi connectivity index (χ2v) is 6.74. The van der Waals surface area contributed by atoms with Gasteiger partial charge in [0.1, 0.15) is 6.54 Å². The van der Waals surface area contributed by atoms with E-state index in [1.54, 1.807) is 6.07 Å². The van der Waals surface area contributed by atoms with Gasteiger partial charge in [-0.1, -0.05) is 25.1 Å². The van der Waals surface area contributed by atoms with Crippen molar-refractivity contribution in [1.29, 1.82) is 0 Å². The summed E-state index contributed by atoms with van der Waals surface area (Å²) in [6, 6.07) is 9.28. The third kappa shape index (κ3) is 3.22. The van der Waals surface area contributed by atoms with Crippen molar-refractivity contribution < 1.29 is 9.90 Å². The Hall–Kier alpha value is -2.14. The Kier molecular flexibility index (Phi) is 4.71. The monoisotopic (exact) mass is 328 g/mol. The highest BCUT2D eigenvalue weighted by Gasteiger charge is 2.33. The van der Waals surface area contributed by atoms with Crippen LogP contribution in [0.3, 0.4) is 0 Å². The smallest absolute Gasteiger partial charge is 0.251 e. The van der Waals surface area contributed by atoms with E-state index < -0.39 is 0 Å². The van der Waals surface area contributed by atoms with Gasteiger partial charge in [0.15, 0.2) is 0 Å². The van der Waals surface area contributed by atoms with Crippen molar-refractivity contribution in [2.24, 2.45) is 5.92 Å². The number of aromatic nitrogens is 1. The first-order valence-electron chi connectivity index (χ1n) is 8.56. The fourth-order valence-corrected chi connectivity index (χ4v) is 3.57. The van der Waals surface area contributed by atoms with Gasteiger partial charge in [-0.15, -0.1) is 0 Å². The number of aliphatic hydroxyl groups is 1. The number of nitrogens with one attached hydrogen (secondary N) is 1. The maximum absolute atomic E-state index is 12.5.